The van der Waals surface area contributed by atoms with Crippen LogP contribution in [0.5, 0.6) is 0 Å². The highest BCUT2D eigenvalue weighted by atomic mass is 19.3. The van der Waals surface area contributed by atoms with Crippen LogP contribution in [0.15, 0.2) is 12.1 Å². The van der Waals surface area contributed by atoms with Gasteiger partial charge < -0.3 is 10.6 Å². The first kappa shape index (κ1) is 14.7. The van der Waals surface area contributed by atoms with Crippen LogP contribution in [0.3, 0.4) is 0 Å². The summed E-state index contributed by atoms with van der Waals surface area (Å²) in [4.78, 5) is 22.1. The number of rotatable bonds is 4. The third kappa shape index (κ3) is 3.33. The zero-order valence-electron chi connectivity index (χ0n) is 9.77. The number of benzene rings is 1. The van der Waals surface area contributed by atoms with Crippen molar-refractivity contribution in [2.45, 2.75) is 6.43 Å². The SMILES string of the molecule is CN(CC(F)F)C(=O)c1cc(N)c(F)cc1[N+](=O)[O-]. The second kappa shape index (κ2) is 5.55. The molecule has 0 unspecified atom stereocenters. The number of nitrogens with two attached hydrogens (primary N) is 1. The Labute approximate surface area is 105 Å². The summed E-state index contributed by atoms with van der Waals surface area (Å²) >= 11 is 0. The van der Waals surface area contributed by atoms with Crippen LogP contribution in [0.25, 0.3) is 0 Å². The number of halogens is 3. The van der Waals surface area contributed by atoms with E-state index in [-0.39, 0.29) is 0 Å². The predicted molar refractivity (Wildman–Crippen MR) is 60.4 cm³/mol. The molecule has 1 amide bonds. The molecule has 0 spiro atoms. The summed E-state index contributed by atoms with van der Waals surface area (Å²) in [5, 5.41) is 10.7. The fourth-order valence-electron chi connectivity index (χ4n) is 1.40. The first-order valence-electron chi connectivity index (χ1n) is 5.01. The van der Waals surface area contributed by atoms with Gasteiger partial charge in [0.05, 0.1) is 23.2 Å². The normalized spacial score (nSPS) is 10.6. The van der Waals surface area contributed by atoms with Gasteiger partial charge in [0, 0.05) is 7.05 Å². The zero-order valence-corrected chi connectivity index (χ0v) is 9.77. The van der Waals surface area contributed by atoms with Crippen LogP contribution < -0.4 is 5.73 Å². The Balaban J connectivity index is 3.21. The molecular weight excluding hydrogens is 267 g/mol. The summed E-state index contributed by atoms with van der Waals surface area (Å²) in [6.07, 6.45) is -2.79. The topological polar surface area (TPSA) is 89.5 Å². The zero-order chi connectivity index (χ0) is 14.7. The summed E-state index contributed by atoms with van der Waals surface area (Å²) in [6.45, 7) is -0.896. The second-order valence-corrected chi connectivity index (χ2v) is 3.72. The number of anilines is 1. The smallest absolute Gasteiger partial charge is 0.285 e. The lowest BCUT2D eigenvalue weighted by atomic mass is 10.1. The number of alkyl halides is 2. The molecule has 0 bridgehead atoms. The van der Waals surface area contributed by atoms with Crippen molar-refractivity contribution in [1.82, 2.24) is 4.90 Å². The number of carbonyl (C=O) groups excluding carboxylic acids is 1. The van der Waals surface area contributed by atoms with Gasteiger partial charge >= 0.3 is 0 Å². The predicted octanol–water partition coefficient (Wildman–Crippen LogP) is 1.65. The maximum Gasteiger partial charge on any atom is 0.285 e. The largest absolute Gasteiger partial charge is 0.396 e. The maximum absolute atomic E-state index is 13.1. The van der Waals surface area contributed by atoms with E-state index >= 15 is 0 Å². The van der Waals surface area contributed by atoms with Crippen molar-refractivity contribution < 1.29 is 22.9 Å². The molecule has 1 aromatic carbocycles. The molecule has 19 heavy (non-hydrogen) atoms. The molecule has 6 nitrogen and oxygen atoms in total. The van der Waals surface area contributed by atoms with E-state index in [0.29, 0.717) is 11.0 Å². The van der Waals surface area contributed by atoms with Crippen LogP contribution in [0.4, 0.5) is 24.5 Å². The Bertz CT molecular complexity index is 522. The molecule has 0 aliphatic heterocycles. The molecule has 0 fully saturated rings. The Morgan fingerprint density at radius 1 is 1.53 bits per heavy atom. The highest BCUT2D eigenvalue weighted by Crippen LogP contribution is 2.25. The standard InChI is InChI=1S/C10H10F3N3O3/c1-15(4-9(12)13)10(17)5-2-7(14)6(11)3-8(5)16(18)19/h2-3,9H,4,14H2,1H3. The lowest BCUT2D eigenvalue weighted by Crippen LogP contribution is -2.31. The van der Waals surface area contributed by atoms with Gasteiger partial charge in [-0.2, -0.15) is 0 Å². The molecule has 0 aromatic heterocycles. The summed E-state index contributed by atoms with van der Waals surface area (Å²) in [5.41, 5.74) is 3.38. The number of nitrogen functional groups attached to an aromatic ring is 1. The number of nitro benzene ring substituents is 1. The van der Waals surface area contributed by atoms with Gasteiger partial charge in [-0.1, -0.05) is 0 Å². The van der Waals surface area contributed by atoms with Gasteiger partial charge in [0.2, 0.25) is 0 Å². The Morgan fingerprint density at radius 2 is 2.11 bits per heavy atom. The van der Waals surface area contributed by atoms with Crippen LogP contribution in [0.1, 0.15) is 10.4 Å². The third-order valence-electron chi connectivity index (χ3n) is 2.30. The average Bonchev–Trinajstić information content (AvgIpc) is 2.29. The lowest BCUT2D eigenvalue weighted by Gasteiger charge is -2.16. The van der Waals surface area contributed by atoms with Gasteiger partial charge in [-0.3, -0.25) is 14.9 Å². The number of hydrogen-bond donors (Lipinski definition) is 1. The molecule has 0 aliphatic rings. The minimum absolute atomic E-state index is 0.473. The fraction of sp³-hybridized carbons (Fsp3) is 0.300. The van der Waals surface area contributed by atoms with Crippen molar-refractivity contribution in [1.29, 1.82) is 0 Å². The highest BCUT2D eigenvalue weighted by molar-refractivity contribution is 5.99. The summed E-state index contributed by atoms with van der Waals surface area (Å²) in [6, 6.07) is 1.25. The Kier molecular flexibility index (Phi) is 4.30. The van der Waals surface area contributed by atoms with Gasteiger partial charge in [-0.05, 0) is 6.07 Å². The van der Waals surface area contributed by atoms with Crippen molar-refractivity contribution >= 4 is 17.3 Å². The van der Waals surface area contributed by atoms with Crippen LogP contribution in [-0.4, -0.2) is 35.7 Å². The average molecular weight is 277 g/mol. The molecular formula is C10H10F3N3O3. The summed E-state index contributed by atoms with van der Waals surface area (Å²) in [7, 11) is 1.05. The molecule has 9 heteroatoms. The number of nitrogens with zero attached hydrogens (tertiary/aromatic N) is 2. The maximum atomic E-state index is 13.1. The molecule has 0 aliphatic carbocycles. The second-order valence-electron chi connectivity index (χ2n) is 3.72. The van der Waals surface area contributed by atoms with Crippen LogP contribution >= 0.6 is 0 Å². The molecule has 104 valence electrons. The van der Waals surface area contributed by atoms with E-state index in [9.17, 15) is 28.1 Å². The molecule has 2 N–H and O–H groups in total. The molecule has 0 atom stereocenters. The van der Waals surface area contributed by atoms with E-state index in [2.05, 4.69) is 0 Å². The van der Waals surface area contributed by atoms with Crippen LogP contribution in [0.2, 0.25) is 0 Å². The molecule has 1 aromatic rings. The third-order valence-corrected chi connectivity index (χ3v) is 2.30. The van der Waals surface area contributed by atoms with Crippen molar-refractivity contribution in [2.75, 3.05) is 19.3 Å². The quantitative estimate of drug-likeness (QED) is 0.515. The van der Waals surface area contributed by atoms with Crippen molar-refractivity contribution in [3.05, 3.63) is 33.6 Å². The molecule has 0 saturated heterocycles. The fourth-order valence-corrected chi connectivity index (χ4v) is 1.40. The van der Waals surface area contributed by atoms with E-state index in [1.54, 1.807) is 0 Å². The summed E-state index contributed by atoms with van der Waals surface area (Å²) < 4.78 is 37.4. The minimum atomic E-state index is -2.79. The molecule has 1 rings (SSSR count). The van der Waals surface area contributed by atoms with E-state index < -0.39 is 46.6 Å². The van der Waals surface area contributed by atoms with Crippen molar-refractivity contribution in [3.63, 3.8) is 0 Å². The number of nitro groups is 1. The van der Waals surface area contributed by atoms with E-state index in [1.165, 1.54) is 0 Å². The monoisotopic (exact) mass is 277 g/mol. The molecule has 0 saturated carbocycles. The van der Waals surface area contributed by atoms with Crippen molar-refractivity contribution in [3.8, 4) is 0 Å². The van der Waals surface area contributed by atoms with Crippen LogP contribution in [-0.2, 0) is 0 Å². The highest BCUT2D eigenvalue weighted by Gasteiger charge is 2.26. The van der Waals surface area contributed by atoms with E-state index in [1.807, 2.05) is 0 Å². The number of hydrogen-bond acceptors (Lipinski definition) is 4. The van der Waals surface area contributed by atoms with Crippen LogP contribution in [0, 0.1) is 15.9 Å². The van der Waals surface area contributed by atoms with E-state index in [0.717, 1.165) is 13.1 Å². The Hall–Kier alpha value is -2.32. The first-order chi connectivity index (χ1) is 8.73. The first-order valence-corrected chi connectivity index (χ1v) is 5.01. The van der Waals surface area contributed by atoms with Gasteiger partial charge in [0.25, 0.3) is 18.0 Å². The lowest BCUT2D eigenvalue weighted by molar-refractivity contribution is -0.385. The summed E-state index contributed by atoms with van der Waals surface area (Å²) in [5.74, 6) is -2.08. The number of amides is 1. The van der Waals surface area contributed by atoms with Gasteiger partial charge in [-0.15, -0.1) is 0 Å². The number of carbonyl (C=O) groups is 1. The minimum Gasteiger partial charge on any atom is -0.396 e. The molecule has 0 heterocycles. The van der Waals surface area contributed by atoms with E-state index in [4.69, 9.17) is 5.73 Å². The van der Waals surface area contributed by atoms with Crippen molar-refractivity contribution in [2.24, 2.45) is 0 Å². The van der Waals surface area contributed by atoms with Gasteiger partial charge in [-0.25, -0.2) is 13.2 Å². The Morgan fingerprint density at radius 3 is 2.58 bits per heavy atom. The van der Waals surface area contributed by atoms with Gasteiger partial charge in [0.15, 0.2) is 5.82 Å². The molecule has 0 radical (unpaired) electrons. The van der Waals surface area contributed by atoms with Gasteiger partial charge in [0.1, 0.15) is 5.56 Å².